The Balaban J connectivity index is 3.60. The number of terminal acetylenes is 1. The lowest BCUT2D eigenvalue weighted by molar-refractivity contribution is 0.341. The van der Waals surface area contributed by atoms with Gasteiger partial charge in [-0.1, -0.05) is 20.8 Å². The van der Waals surface area contributed by atoms with Gasteiger partial charge in [-0.3, -0.25) is 0 Å². The molecular weight excluding hydrogens is 122 g/mol. The van der Waals surface area contributed by atoms with Gasteiger partial charge in [0.05, 0.1) is 0 Å². The highest BCUT2D eigenvalue weighted by molar-refractivity contribution is 4.89. The van der Waals surface area contributed by atoms with Gasteiger partial charge in [0.2, 0.25) is 0 Å². The molecule has 1 unspecified atom stereocenters. The number of hydrogen-bond acceptors (Lipinski definition) is 1. The summed E-state index contributed by atoms with van der Waals surface area (Å²) in [6.45, 7) is 6.51. The Labute approximate surface area is 64.0 Å². The summed E-state index contributed by atoms with van der Waals surface area (Å²) in [6.07, 6.45) is 6.81. The van der Waals surface area contributed by atoms with E-state index in [0.717, 1.165) is 6.42 Å². The van der Waals surface area contributed by atoms with Gasteiger partial charge < -0.3 is 5.73 Å². The molecule has 0 spiro atoms. The van der Waals surface area contributed by atoms with Gasteiger partial charge in [-0.05, 0) is 11.8 Å². The Morgan fingerprint density at radius 3 is 2.30 bits per heavy atom. The second-order valence-corrected chi connectivity index (χ2v) is 3.93. The van der Waals surface area contributed by atoms with Crippen molar-refractivity contribution in [2.45, 2.75) is 39.7 Å². The maximum Gasteiger partial charge on any atom is 0.0238 e. The molecule has 10 heavy (non-hydrogen) atoms. The highest BCUT2D eigenvalue weighted by atomic mass is 14.6. The number of nitrogens with two attached hydrogens (primary N) is 1. The summed E-state index contributed by atoms with van der Waals surface area (Å²) >= 11 is 0. The third-order valence-corrected chi connectivity index (χ3v) is 1.25. The third-order valence-electron chi connectivity index (χ3n) is 1.25. The van der Waals surface area contributed by atoms with Crippen molar-refractivity contribution < 1.29 is 0 Å². The molecule has 0 saturated carbocycles. The predicted molar refractivity (Wildman–Crippen MR) is 45.5 cm³/mol. The zero-order chi connectivity index (χ0) is 8.20. The van der Waals surface area contributed by atoms with Crippen LogP contribution in [0.15, 0.2) is 0 Å². The van der Waals surface area contributed by atoms with Crippen LogP contribution in [0.1, 0.15) is 33.6 Å². The molecule has 0 saturated heterocycles. The number of rotatable bonds is 2. The summed E-state index contributed by atoms with van der Waals surface area (Å²) in [6, 6.07) is 0.171. The van der Waals surface area contributed by atoms with Crippen LogP contribution < -0.4 is 5.73 Å². The second-order valence-electron chi connectivity index (χ2n) is 3.93. The smallest absolute Gasteiger partial charge is 0.0238 e. The standard InChI is InChI=1S/C9H17N/c1-5-6-8(10)7-9(2,3)4/h1,8H,6-7,10H2,2-4H3. The van der Waals surface area contributed by atoms with Crippen LogP contribution in [0.4, 0.5) is 0 Å². The topological polar surface area (TPSA) is 26.0 Å². The summed E-state index contributed by atoms with van der Waals surface area (Å²) in [7, 11) is 0. The van der Waals surface area contributed by atoms with Gasteiger partial charge in [-0.25, -0.2) is 0 Å². The zero-order valence-electron chi connectivity index (χ0n) is 7.15. The van der Waals surface area contributed by atoms with Crippen molar-refractivity contribution in [2.24, 2.45) is 11.1 Å². The van der Waals surface area contributed by atoms with Crippen LogP contribution in [-0.4, -0.2) is 6.04 Å². The van der Waals surface area contributed by atoms with Crippen LogP contribution in [0.3, 0.4) is 0 Å². The lowest BCUT2D eigenvalue weighted by Crippen LogP contribution is -2.25. The van der Waals surface area contributed by atoms with Crippen molar-refractivity contribution in [1.82, 2.24) is 0 Å². The van der Waals surface area contributed by atoms with Crippen LogP contribution in [0.5, 0.6) is 0 Å². The third kappa shape index (κ3) is 5.65. The Kier molecular flexibility index (Phi) is 3.46. The van der Waals surface area contributed by atoms with Crippen molar-refractivity contribution in [3.05, 3.63) is 0 Å². The summed E-state index contributed by atoms with van der Waals surface area (Å²) in [5, 5.41) is 0. The van der Waals surface area contributed by atoms with Gasteiger partial charge in [-0.2, -0.15) is 0 Å². The van der Waals surface area contributed by atoms with E-state index in [4.69, 9.17) is 12.2 Å². The molecular formula is C9H17N. The predicted octanol–water partition coefficient (Wildman–Crippen LogP) is 1.77. The van der Waals surface area contributed by atoms with E-state index in [-0.39, 0.29) is 6.04 Å². The molecule has 0 fully saturated rings. The summed E-state index contributed by atoms with van der Waals surface area (Å²) < 4.78 is 0. The van der Waals surface area contributed by atoms with E-state index in [1.807, 2.05) is 0 Å². The fourth-order valence-corrected chi connectivity index (χ4v) is 1.01. The molecule has 0 heterocycles. The molecule has 2 N–H and O–H groups in total. The zero-order valence-corrected chi connectivity index (χ0v) is 7.15. The quantitative estimate of drug-likeness (QED) is 0.580. The van der Waals surface area contributed by atoms with E-state index >= 15 is 0 Å². The highest BCUT2D eigenvalue weighted by Gasteiger charge is 2.14. The van der Waals surface area contributed by atoms with Crippen molar-refractivity contribution in [3.63, 3.8) is 0 Å². The fourth-order valence-electron chi connectivity index (χ4n) is 1.01. The average Bonchev–Trinajstić information content (AvgIpc) is 1.59. The molecule has 0 amide bonds. The Morgan fingerprint density at radius 1 is 1.50 bits per heavy atom. The summed E-state index contributed by atoms with van der Waals surface area (Å²) in [5.41, 5.74) is 6.03. The first-order chi connectivity index (χ1) is 4.45. The lowest BCUT2D eigenvalue weighted by atomic mass is 9.87. The van der Waals surface area contributed by atoms with Gasteiger partial charge in [0, 0.05) is 12.5 Å². The minimum Gasteiger partial charge on any atom is -0.327 e. The molecule has 0 aromatic heterocycles. The molecule has 58 valence electrons. The average molecular weight is 139 g/mol. The van der Waals surface area contributed by atoms with Crippen molar-refractivity contribution in [2.75, 3.05) is 0 Å². The molecule has 0 aromatic carbocycles. The van der Waals surface area contributed by atoms with E-state index in [1.54, 1.807) is 0 Å². The molecule has 0 aromatic rings. The molecule has 0 rings (SSSR count). The van der Waals surface area contributed by atoms with E-state index in [2.05, 4.69) is 26.7 Å². The first-order valence-electron chi connectivity index (χ1n) is 3.65. The van der Waals surface area contributed by atoms with Gasteiger partial charge in [0.25, 0.3) is 0 Å². The molecule has 1 nitrogen and oxygen atoms in total. The van der Waals surface area contributed by atoms with Gasteiger partial charge in [0.1, 0.15) is 0 Å². The van der Waals surface area contributed by atoms with Crippen LogP contribution in [0.2, 0.25) is 0 Å². The fraction of sp³-hybridized carbons (Fsp3) is 0.778. The Hall–Kier alpha value is -0.480. The molecule has 0 aliphatic heterocycles. The molecule has 0 aliphatic carbocycles. The van der Waals surface area contributed by atoms with E-state index in [1.165, 1.54) is 0 Å². The van der Waals surface area contributed by atoms with E-state index < -0.39 is 0 Å². The maximum absolute atomic E-state index is 5.73. The molecule has 0 bridgehead atoms. The highest BCUT2D eigenvalue weighted by Crippen LogP contribution is 2.20. The van der Waals surface area contributed by atoms with Gasteiger partial charge >= 0.3 is 0 Å². The van der Waals surface area contributed by atoms with Crippen molar-refractivity contribution in [3.8, 4) is 12.3 Å². The second kappa shape index (κ2) is 3.63. The minimum atomic E-state index is 0.171. The first-order valence-corrected chi connectivity index (χ1v) is 3.65. The van der Waals surface area contributed by atoms with E-state index in [0.29, 0.717) is 11.8 Å². The maximum atomic E-state index is 5.73. The first kappa shape index (κ1) is 9.52. The van der Waals surface area contributed by atoms with Crippen LogP contribution in [-0.2, 0) is 0 Å². The van der Waals surface area contributed by atoms with Crippen molar-refractivity contribution >= 4 is 0 Å². The lowest BCUT2D eigenvalue weighted by Gasteiger charge is -2.21. The molecule has 1 atom stereocenters. The summed E-state index contributed by atoms with van der Waals surface area (Å²) in [4.78, 5) is 0. The Bertz CT molecular complexity index is 125. The number of hydrogen-bond donors (Lipinski definition) is 1. The normalized spacial score (nSPS) is 14.3. The van der Waals surface area contributed by atoms with Gasteiger partial charge in [-0.15, -0.1) is 12.3 Å². The minimum absolute atomic E-state index is 0.171. The van der Waals surface area contributed by atoms with Crippen molar-refractivity contribution in [1.29, 1.82) is 0 Å². The van der Waals surface area contributed by atoms with Crippen LogP contribution in [0, 0.1) is 17.8 Å². The van der Waals surface area contributed by atoms with Crippen LogP contribution >= 0.6 is 0 Å². The molecule has 0 radical (unpaired) electrons. The summed E-state index contributed by atoms with van der Waals surface area (Å²) in [5.74, 6) is 2.57. The van der Waals surface area contributed by atoms with Crippen LogP contribution in [0.25, 0.3) is 0 Å². The Morgan fingerprint density at radius 2 is 2.00 bits per heavy atom. The van der Waals surface area contributed by atoms with E-state index in [9.17, 15) is 0 Å². The largest absolute Gasteiger partial charge is 0.327 e. The van der Waals surface area contributed by atoms with Gasteiger partial charge in [0.15, 0.2) is 0 Å². The monoisotopic (exact) mass is 139 g/mol. The SMILES string of the molecule is C#CCC(N)CC(C)(C)C. The molecule has 0 aliphatic rings. The molecule has 1 heteroatoms.